The molecular weight excluding hydrogens is 1070 g/mol. The van der Waals surface area contributed by atoms with E-state index >= 15 is 0 Å². The number of hydrogen-bond donors (Lipinski definition) is 0. The summed E-state index contributed by atoms with van der Waals surface area (Å²) in [7, 11) is -6.34. The zero-order chi connectivity index (χ0) is 83.7. The third kappa shape index (κ3) is 9.96. The maximum atomic E-state index is 10.3. The minimum atomic E-state index is -6.34. The lowest BCUT2D eigenvalue weighted by atomic mass is 9.78. The summed E-state index contributed by atoms with van der Waals surface area (Å²) in [4.78, 5) is 4.72. The molecule has 0 aliphatic rings. The van der Waals surface area contributed by atoms with Gasteiger partial charge < -0.3 is 4.74 Å². The summed E-state index contributed by atoms with van der Waals surface area (Å²) in [6, 6.07) is 12.7. The van der Waals surface area contributed by atoms with E-state index in [0.29, 0.717) is 38.8 Å². The van der Waals surface area contributed by atoms with Crippen molar-refractivity contribution in [2.24, 2.45) is 0 Å². The fourth-order valence-corrected chi connectivity index (χ4v) is 15.3. The van der Waals surface area contributed by atoms with Crippen molar-refractivity contribution in [2.45, 2.75) is 59.2 Å². The summed E-state index contributed by atoms with van der Waals surface area (Å²) in [6.07, 6.45) is 4.71. The molecule has 5 nitrogen and oxygen atoms in total. The molecule has 11 aromatic carbocycles. The van der Waals surface area contributed by atoms with Crippen LogP contribution in [0.3, 0.4) is 0 Å². The second kappa shape index (κ2) is 22.0. The molecule has 87 heavy (non-hydrogen) atoms. The van der Waals surface area contributed by atoms with Gasteiger partial charge >= 0.3 is 0 Å². The van der Waals surface area contributed by atoms with E-state index in [4.69, 9.17) is 26.2 Å². The highest BCUT2D eigenvalue weighted by Crippen LogP contribution is 2.40. The first-order chi connectivity index (χ1) is 53.9. The Hall–Kier alpha value is -10.1. The molecule has 422 valence electrons. The molecule has 3 aromatic heterocycles. The Balaban J connectivity index is 1.12. The molecular formula is C81H68N4OSi. The highest BCUT2D eigenvalue weighted by Gasteiger charge is 2.44. The zero-order valence-corrected chi connectivity index (χ0v) is 48.9. The molecule has 0 amide bonds. The molecule has 0 saturated carbocycles. The van der Waals surface area contributed by atoms with E-state index in [-0.39, 0.29) is 61.9 Å². The van der Waals surface area contributed by atoms with Crippen molar-refractivity contribution in [3.8, 4) is 62.1 Å². The van der Waals surface area contributed by atoms with Crippen LogP contribution in [0.25, 0.3) is 83.4 Å². The normalized spacial score (nSPS) is 16.8. The first-order valence-corrected chi connectivity index (χ1v) is 29.9. The number of benzene rings is 11. The molecule has 0 N–H and O–H groups in total. The third-order valence-electron chi connectivity index (χ3n) is 15.5. The first kappa shape index (κ1) is 31.8. The molecule has 14 aromatic rings. The number of para-hydroxylation sites is 3. The van der Waals surface area contributed by atoms with Crippen LogP contribution in [0, 0.1) is 13.2 Å². The molecule has 0 aliphatic carbocycles. The minimum Gasteiger partial charge on any atom is -0.458 e. The van der Waals surface area contributed by atoms with Crippen LogP contribution in [0.5, 0.6) is 11.5 Å². The fraction of sp³-hybridized carbons (Fsp3) is 0.111. The van der Waals surface area contributed by atoms with Crippen LogP contribution in [0.1, 0.15) is 96.6 Å². The van der Waals surface area contributed by atoms with Crippen LogP contribution in [0.2, 0.25) is 0 Å². The van der Waals surface area contributed by atoms with Crippen LogP contribution >= 0.6 is 0 Å². The Labute approximate surface area is 551 Å². The zero-order valence-electron chi connectivity index (χ0n) is 75.9. The average Bonchev–Trinajstić information content (AvgIpc) is 0.980. The molecule has 0 bridgehead atoms. The van der Waals surface area contributed by atoms with Gasteiger partial charge in [-0.2, -0.15) is 0 Å². The SMILES string of the molecule is [2H]c1c([2H])c([2H])c(-c2cc(-c3cc(C(C)(C)C)cc(C(C)(C)C)c3)c(-[n+]3[c-]n(-c4cccc(Oc5ccc6c7ccccc7n(-c7cc(C([2H])([2H])[2H])c(-c8c([2H])c([2H])c([2H])c([2H])c8[2H])cn7)c6c5)c4)c4ccccc43)c([Si](c3c([2H])c([2H])c([2H])c([2H])c3[2H])(c3c([2H])c([2H])c([2H])c([2H])c3[2H])c3c([2H])c([2H])c([2H])c([2H])c3[2H])c2)c([2H])c1[2H]. The summed E-state index contributed by atoms with van der Waals surface area (Å²) in [5.74, 6) is 0.542. The Bertz CT molecular complexity index is 6210. The van der Waals surface area contributed by atoms with Crippen LogP contribution in [-0.2, 0) is 10.8 Å². The Morgan fingerprint density at radius 3 is 1.67 bits per heavy atom. The van der Waals surface area contributed by atoms with Gasteiger partial charge in [0.15, 0.2) is 8.07 Å². The van der Waals surface area contributed by atoms with Crippen LogP contribution in [0.15, 0.2) is 285 Å². The summed E-state index contributed by atoms with van der Waals surface area (Å²) >= 11 is 0. The van der Waals surface area contributed by atoms with Crippen LogP contribution < -0.4 is 30.1 Å². The average molecular weight is 1170 g/mol. The Morgan fingerprint density at radius 2 is 1.05 bits per heavy atom. The Morgan fingerprint density at radius 1 is 0.483 bits per heavy atom. The maximum Gasteiger partial charge on any atom is 0.269 e. The van der Waals surface area contributed by atoms with Crippen molar-refractivity contribution in [2.75, 3.05) is 0 Å². The third-order valence-corrected chi connectivity index (χ3v) is 19.7. The molecule has 6 heteroatoms. The summed E-state index contributed by atoms with van der Waals surface area (Å²) < 4.78 is 273. The lowest BCUT2D eigenvalue weighted by Gasteiger charge is -2.37. The number of pyridine rings is 1. The lowest BCUT2D eigenvalue weighted by molar-refractivity contribution is -0.570. The molecule has 14 rings (SSSR count). The maximum absolute atomic E-state index is 10.3. The number of imidazole rings is 1. The molecule has 0 saturated heterocycles. The molecule has 0 radical (unpaired) electrons. The van der Waals surface area contributed by atoms with E-state index in [9.17, 15) is 21.9 Å². The summed E-state index contributed by atoms with van der Waals surface area (Å²) in [5.41, 5.74) is 0.417. The monoisotopic (exact) mass is 1170 g/mol. The van der Waals surface area contributed by atoms with Crippen LogP contribution in [-0.4, -0.2) is 22.2 Å². The van der Waals surface area contributed by atoms with Crippen molar-refractivity contribution in [1.29, 1.82) is 0 Å². The second-order valence-corrected chi connectivity index (χ2v) is 26.5. The number of nitrogens with zero attached hydrogens (tertiary/aromatic N) is 4. The largest absolute Gasteiger partial charge is 0.458 e. The van der Waals surface area contributed by atoms with Crippen LogP contribution in [0.4, 0.5) is 0 Å². The van der Waals surface area contributed by atoms with E-state index in [1.807, 2.05) is 71.9 Å². The van der Waals surface area contributed by atoms with Gasteiger partial charge in [-0.3, -0.25) is 13.7 Å². The highest BCUT2D eigenvalue weighted by atomic mass is 28.3. The van der Waals surface area contributed by atoms with Crippen molar-refractivity contribution in [1.82, 2.24) is 14.1 Å². The van der Waals surface area contributed by atoms with Gasteiger partial charge in [0.1, 0.15) is 17.3 Å². The first-order valence-electron chi connectivity index (χ1n) is 41.9. The standard InChI is InChI=1S/C81H68N4OSi/c1-56-46-78(82-54-72(56)58-30-15-9-16-31-58)85-73-41-24-23-40-69(73)70-45-44-65(53-76(70)85)86-64-33-27-32-63(52-64)83-55-84(75-43-26-25-42-74(75)83)79-71(60-47-61(80(2,3)4)51-62(48-60)81(5,6)7)49-59(57-28-13-8-14-29-57)50-77(79)87(66-34-17-10-18-35-66,67-36-19-11-20-37-67)68-38-21-12-22-39-68/h8-54H,1-7H3/i1D3,8D,9D,10D,11D,12D,13D,14D,15D,16D,17D,18D,19D,20D,21D,22D,28D,29D,30D,31D,34D,35D,36D,37D,38D,39D. The number of rotatable bonds is 12. The quantitative estimate of drug-likeness (QED) is 0.0529. The summed E-state index contributed by atoms with van der Waals surface area (Å²) in [6.45, 7) is 8.87. The van der Waals surface area contributed by atoms with Crippen molar-refractivity contribution in [3.05, 3.63) is 308 Å². The highest BCUT2D eigenvalue weighted by molar-refractivity contribution is 7.20. The van der Waals surface area contributed by atoms with Gasteiger partial charge in [-0.25, -0.2) is 4.98 Å². The Kier molecular flexibility index (Phi) is 8.07. The minimum absolute atomic E-state index is 0.0174. The molecule has 0 fully saturated rings. The van der Waals surface area contributed by atoms with Crippen molar-refractivity contribution < 1.29 is 47.7 Å². The molecule has 0 atom stereocenters. The second-order valence-electron chi connectivity index (χ2n) is 22.9. The number of aromatic nitrogens is 4. The van der Waals surface area contributed by atoms with E-state index in [0.717, 1.165) is 5.39 Å². The van der Waals surface area contributed by atoms with Gasteiger partial charge in [0.25, 0.3) is 6.33 Å². The van der Waals surface area contributed by atoms with Gasteiger partial charge in [0.2, 0.25) is 0 Å². The molecule has 3 heterocycles. The van der Waals surface area contributed by atoms with Gasteiger partial charge in [-0.05, 0) is 131 Å². The predicted octanol–water partition coefficient (Wildman–Crippen LogP) is 17.3. The summed E-state index contributed by atoms with van der Waals surface area (Å²) in [5, 5.41) is -1.65. The van der Waals surface area contributed by atoms with E-state index < -0.39 is 203 Å². The van der Waals surface area contributed by atoms with Gasteiger partial charge in [0.05, 0.1) is 67.7 Å². The smallest absolute Gasteiger partial charge is 0.269 e. The van der Waals surface area contributed by atoms with Gasteiger partial charge in [-0.15, -0.1) is 0 Å². The molecule has 0 aliphatic heterocycles. The lowest BCUT2D eigenvalue weighted by Crippen LogP contribution is -2.76. The van der Waals surface area contributed by atoms with E-state index in [1.54, 1.807) is 88.0 Å². The fourth-order valence-electron chi connectivity index (χ4n) is 11.3. The van der Waals surface area contributed by atoms with E-state index in [1.165, 1.54) is 29.0 Å². The van der Waals surface area contributed by atoms with Crippen molar-refractivity contribution in [3.63, 3.8) is 0 Å². The van der Waals surface area contributed by atoms with Gasteiger partial charge in [-0.1, -0.05) is 265 Å². The number of fused-ring (bicyclic) bond motifs is 4. The van der Waals surface area contributed by atoms with Crippen molar-refractivity contribution >= 4 is 61.7 Å². The van der Waals surface area contributed by atoms with Gasteiger partial charge in [0, 0.05) is 32.7 Å². The predicted molar refractivity (Wildman–Crippen MR) is 364 cm³/mol. The molecule has 0 spiro atoms. The topological polar surface area (TPSA) is 35.9 Å². The number of aryl methyl sites for hydroxylation is 1. The van der Waals surface area contributed by atoms with E-state index in [2.05, 4.69) is 6.33 Å². The number of ether oxygens (including phenoxy) is 1. The number of hydrogen-bond acceptors (Lipinski definition) is 2. The molecule has 0 unspecified atom stereocenters.